The van der Waals surface area contributed by atoms with Gasteiger partial charge in [-0.25, -0.2) is 28.1 Å². The molecule has 2 aromatic heterocycles. The van der Waals surface area contributed by atoms with Gasteiger partial charge in [0, 0.05) is 69.8 Å². The number of methoxy groups -OCH3 is 1. The highest BCUT2D eigenvalue weighted by atomic mass is 35.5. The number of carbonyl (C=O) groups excluding carboxylic acids is 8. The van der Waals surface area contributed by atoms with Crippen LogP contribution < -0.4 is 58.0 Å². The van der Waals surface area contributed by atoms with E-state index in [9.17, 15) is 48.4 Å². The van der Waals surface area contributed by atoms with Gasteiger partial charge in [0.25, 0.3) is 11.5 Å². The van der Waals surface area contributed by atoms with Gasteiger partial charge in [-0.05, 0) is 138 Å². The van der Waals surface area contributed by atoms with Crippen LogP contribution in [0.1, 0.15) is 141 Å². The van der Waals surface area contributed by atoms with Crippen molar-refractivity contribution in [3.63, 3.8) is 0 Å². The number of esters is 1. The summed E-state index contributed by atoms with van der Waals surface area (Å²) < 4.78 is 85.3. The van der Waals surface area contributed by atoms with E-state index < -0.39 is 117 Å². The average Bonchev–Trinajstić information content (AvgIpc) is 1.60. The van der Waals surface area contributed by atoms with E-state index >= 15 is 8.78 Å². The van der Waals surface area contributed by atoms with Crippen molar-refractivity contribution in [1.82, 2.24) is 36.1 Å². The Hall–Kier alpha value is -11.6. The lowest BCUT2D eigenvalue weighted by Gasteiger charge is -2.37. The van der Waals surface area contributed by atoms with E-state index in [0.717, 1.165) is 28.1 Å². The Labute approximate surface area is 720 Å². The largest absolute Gasteiger partial charge is 0.510 e. The van der Waals surface area contributed by atoms with Gasteiger partial charge < -0.3 is 90.2 Å². The number of carbonyl (C=O) groups is 8. The summed E-state index contributed by atoms with van der Waals surface area (Å²) in [5, 5.41) is 31.6. The van der Waals surface area contributed by atoms with Crippen LogP contribution in [0.25, 0.3) is 22.3 Å². The Morgan fingerprint density at radius 2 is 1.47 bits per heavy atom. The number of hydrogen-bond acceptors (Lipinski definition) is 21. The van der Waals surface area contributed by atoms with Crippen molar-refractivity contribution in [3.05, 3.63) is 216 Å². The van der Waals surface area contributed by atoms with Gasteiger partial charge in [0.1, 0.15) is 60.5 Å². The minimum absolute atomic E-state index is 0.00100. The van der Waals surface area contributed by atoms with Gasteiger partial charge in [0.2, 0.25) is 29.2 Å². The molecule has 1 saturated heterocycles. The molecule has 1 fully saturated rings. The summed E-state index contributed by atoms with van der Waals surface area (Å²) in [5.41, 5.74) is 6.36. The maximum atomic E-state index is 16.3. The third-order valence-corrected chi connectivity index (χ3v) is 22.2. The molecular formula is C90H101Cl2F2N11O18. The van der Waals surface area contributed by atoms with Crippen molar-refractivity contribution in [2.45, 2.75) is 154 Å². The van der Waals surface area contributed by atoms with E-state index in [1.165, 1.54) is 55.6 Å². The van der Waals surface area contributed by atoms with E-state index in [0.29, 0.717) is 46.9 Å². The molecule has 0 saturated carbocycles. The zero-order valence-electron chi connectivity index (χ0n) is 69.6. The van der Waals surface area contributed by atoms with Crippen molar-refractivity contribution in [1.29, 1.82) is 5.26 Å². The van der Waals surface area contributed by atoms with Crippen molar-refractivity contribution < 1.29 is 89.8 Å². The number of fused-ring (bicyclic) bond motifs is 5. The zero-order valence-corrected chi connectivity index (χ0v) is 71.1. The number of ether oxygens (including phenoxy) is 9. The number of nitriles is 1. The number of halogens is 4. The van der Waals surface area contributed by atoms with Gasteiger partial charge in [-0.1, -0.05) is 132 Å². The number of aryl methyl sites for hydroxylation is 1. The molecule has 123 heavy (non-hydrogen) atoms. The van der Waals surface area contributed by atoms with Crippen LogP contribution in [0, 0.1) is 34.3 Å². The molecule has 0 radical (unpaired) electrons. The molecule has 29 nitrogen and oxygen atoms in total. The van der Waals surface area contributed by atoms with Crippen LogP contribution in [0.3, 0.4) is 0 Å². The van der Waals surface area contributed by atoms with Gasteiger partial charge in [-0.15, -0.1) is 0 Å². The fraction of sp³-hybridized carbons (Fsp3) is 0.411. The van der Waals surface area contributed by atoms with Crippen LogP contribution in [-0.2, 0) is 101 Å². The van der Waals surface area contributed by atoms with Crippen molar-refractivity contribution in [2.24, 2.45) is 17.1 Å². The number of rotatable bonds is 40. The molecule has 652 valence electrons. The third-order valence-electron chi connectivity index (χ3n) is 21.6. The zero-order chi connectivity index (χ0) is 88.3. The van der Waals surface area contributed by atoms with E-state index in [1.54, 1.807) is 55.7 Å². The third kappa shape index (κ3) is 22.2. The second kappa shape index (κ2) is 42.0. The maximum Gasteiger partial charge on any atom is 0.510 e. The molecule has 3 aliphatic heterocycles. The van der Waals surface area contributed by atoms with Crippen LogP contribution in [0.15, 0.2) is 138 Å². The Morgan fingerprint density at radius 1 is 0.764 bits per heavy atom. The SMILES string of the molecule is CCc1c2c(nc3ccc(OCc4ccccc4)cc13)-c1cc3c(c(=O)n1C2)COC(=O)[C@@]3(CC)OC(=O)OCc1ccc(NC(=O)[C@H](CCCNC(N)=O)NC(=O)[C@H](NC(=O)CCOCCOCCOCCOCCNC(=O)c2ccc(NC(=O)[C@H]3N[C@H](CC(C)(C)C)[C@@](C#N)(c4ccc(Cl)cc4F)[C@@H]3c3cccc(Cl)c3F)c(OC)c2)C(C)C)cc1. The standard InChI is InChI=1S/C90H101Cl2F2N11O18/c1-9-59-61-44-58(120-48-53-16-12-11-13-17-53)27-30-68(61)100-78-62(59)47-105-71(78)45-65-63(84(105)111)50-121-85(112)90(65,10-2)123-87(114)122-49-54-21-25-57(26-22-54)99-81(108)70(20-15-32-98-86(96)113)102-82(109)77(52(3)4)104-74(106)31-34-116-36-38-118-40-41-119-39-37-117-35-33-97-80(107)55-23-29-69(72(42-55)115-8)101-83(110)79-75(60-18-14-19-66(92)76(60)94)89(51-95,73(103-79)46-88(5,6)7)64-28-24-56(91)43-67(64)93/h11-14,16-19,21-30,42-45,52,70,73,75,77,79,103H,9-10,15,20,31-41,46-50H2,1-8H3,(H,97,107)(H,99,108)(H,101,110)(H,102,109)(H,104,106)(H3,96,98,113)/t70-,73+,75+,77+,79-,89+,90-/m0/s1. The predicted octanol–water partition coefficient (Wildman–Crippen LogP) is 12.0. The lowest BCUT2D eigenvalue weighted by atomic mass is 9.62. The first-order valence-electron chi connectivity index (χ1n) is 40.6. The molecule has 0 bridgehead atoms. The lowest BCUT2D eigenvalue weighted by molar-refractivity contribution is -0.175. The van der Waals surface area contributed by atoms with E-state index in [4.69, 9.17) is 76.6 Å². The Balaban J connectivity index is 0.580. The molecule has 0 aliphatic carbocycles. The lowest BCUT2D eigenvalue weighted by Crippen LogP contribution is -2.54. The summed E-state index contributed by atoms with van der Waals surface area (Å²) in [7, 11) is 1.35. The number of nitrogens with two attached hydrogens (primary N) is 1. The fourth-order valence-electron chi connectivity index (χ4n) is 15.6. The first-order chi connectivity index (χ1) is 59.0. The number of urea groups is 1. The number of benzene rings is 6. The topological polar surface area (TPSA) is 389 Å². The number of pyridine rings is 2. The van der Waals surface area contributed by atoms with E-state index in [2.05, 4.69) is 43.3 Å². The highest BCUT2D eigenvalue weighted by Gasteiger charge is 2.61. The summed E-state index contributed by atoms with van der Waals surface area (Å²) in [6.07, 6.45) is -0.264. The molecule has 6 aromatic carbocycles. The minimum atomic E-state index is -2.05. The average molecular weight is 1730 g/mol. The Morgan fingerprint density at radius 3 is 2.14 bits per heavy atom. The van der Waals surface area contributed by atoms with Gasteiger partial charge in [-0.3, -0.25) is 28.8 Å². The summed E-state index contributed by atoms with van der Waals surface area (Å²) in [5.74, 6) is -6.43. The molecule has 8 aromatic rings. The molecule has 33 heteroatoms. The molecule has 3 aliphatic rings. The summed E-state index contributed by atoms with van der Waals surface area (Å²) in [6, 6.07) is 33.1. The number of nitrogens with one attached hydrogen (secondary N) is 7. The molecule has 5 heterocycles. The van der Waals surface area contributed by atoms with Gasteiger partial charge in [0.15, 0.2) is 0 Å². The second-order valence-corrected chi connectivity index (χ2v) is 32.3. The van der Waals surface area contributed by atoms with E-state index in [1.807, 2.05) is 76.2 Å². The van der Waals surface area contributed by atoms with Crippen LogP contribution >= 0.6 is 23.2 Å². The van der Waals surface area contributed by atoms with Crippen molar-refractivity contribution >= 4 is 93.2 Å². The Bertz CT molecular complexity index is 5300. The quantitative estimate of drug-likeness (QED) is 0.0131. The molecular weight excluding hydrogens is 1630 g/mol. The first-order valence-corrected chi connectivity index (χ1v) is 41.4. The highest BCUT2D eigenvalue weighted by Crippen LogP contribution is 2.53. The number of anilines is 2. The van der Waals surface area contributed by atoms with Gasteiger partial charge in [0.05, 0.1) is 112 Å². The Kier molecular flexibility index (Phi) is 31.4. The van der Waals surface area contributed by atoms with Crippen molar-refractivity contribution in [3.8, 4) is 29.0 Å². The molecule has 0 unspecified atom stereocenters. The van der Waals surface area contributed by atoms with Crippen molar-refractivity contribution in [2.75, 3.05) is 83.7 Å². The fourth-order valence-corrected chi connectivity index (χ4v) is 15.9. The summed E-state index contributed by atoms with van der Waals surface area (Å²) >= 11 is 12.5. The number of hydrogen-bond donors (Lipinski definition) is 8. The summed E-state index contributed by atoms with van der Waals surface area (Å²) in [6.45, 7) is 14.4. The van der Waals surface area contributed by atoms with E-state index in [-0.39, 0.29) is 167 Å². The second-order valence-electron chi connectivity index (χ2n) is 31.5. The normalized spacial score (nSPS) is 17.4. The van der Waals surface area contributed by atoms with Crippen LogP contribution in [0.4, 0.5) is 29.7 Å². The molecule has 7 atom stereocenters. The highest BCUT2D eigenvalue weighted by molar-refractivity contribution is 6.31. The maximum absolute atomic E-state index is 16.3. The van der Waals surface area contributed by atoms with Gasteiger partial charge >= 0.3 is 18.2 Å². The number of primary amides is 1. The first kappa shape index (κ1) is 92.1. The molecule has 7 amide bonds. The smallest absolute Gasteiger partial charge is 0.495 e. The number of amides is 7. The minimum Gasteiger partial charge on any atom is -0.495 e. The predicted molar refractivity (Wildman–Crippen MR) is 454 cm³/mol. The molecule has 9 N–H and O–H groups in total. The molecule has 11 rings (SSSR count). The monoisotopic (exact) mass is 1730 g/mol. The molecule has 0 spiro atoms. The number of nitrogens with zero attached hydrogens (tertiary/aromatic N) is 3. The summed E-state index contributed by atoms with van der Waals surface area (Å²) in [4.78, 5) is 128. The number of aromatic nitrogens is 2. The van der Waals surface area contributed by atoms with Gasteiger partial charge in [-0.2, -0.15) is 5.26 Å². The van der Waals surface area contributed by atoms with Crippen LogP contribution in [0.2, 0.25) is 10.0 Å². The van der Waals surface area contributed by atoms with Crippen LogP contribution in [-0.4, -0.2) is 154 Å². The van der Waals surface area contributed by atoms with Crippen LogP contribution in [0.5, 0.6) is 11.5 Å². The number of cyclic esters (lactones) is 1.